The summed E-state index contributed by atoms with van der Waals surface area (Å²) in [7, 11) is 0. The first kappa shape index (κ1) is 19.8. The normalized spacial score (nSPS) is 19.7. The Labute approximate surface area is 174 Å². The molecule has 0 bridgehead atoms. The van der Waals surface area contributed by atoms with E-state index in [0.717, 1.165) is 21.6 Å². The van der Waals surface area contributed by atoms with Gasteiger partial charge >= 0.3 is 6.03 Å². The van der Waals surface area contributed by atoms with Crippen LogP contribution in [0, 0.1) is 6.92 Å². The molecule has 1 unspecified atom stereocenters. The first-order valence-electron chi connectivity index (χ1n) is 9.69. The van der Waals surface area contributed by atoms with E-state index in [0.29, 0.717) is 18.0 Å². The molecule has 2 aliphatic heterocycles. The zero-order valence-electron chi connectivity index (χ0n) is 16.9. The van der Waals surface area contributed by atoms with Crippen LogP contribution in [-0.2, 0) is 22.6 Å². The number of benzene rings is 2. The van der Waals surface area contributed by atoms with Gasteiger partial charge in [0.15, 0.2) is 11.5 Å². The van der Waals surface area contributed by atoms with Crippen molar-refractivity contribution in [3.63, 3.8) is 0 Å². The Hall–Kier alpha value is -3.55. The van der Waals surface area contributed by atoms with Crippen LogP contribution in [0.3, 0.4) is 0 Å². The van der Waals surface area contributed by atoms with Gasteiger partial charge in [0.25, 0.3) is 5.91 Å². The maximum atomic E-state index is 12.9. The number of aryl methyl sites for hydroxylation is 1. The molecule has 30 heavy (non-hydrogen) atoms. The SMILES string of the molecule is Cc1ccc(CNC(=O)CN2C(=O)NC(C)(Cc3ccc4c(c3)OCO4)C2=O)cc1. The van der Waals surface area contributed by atoms with E-state index in [2.05, 4.69) is 10.6 Å². The van der Waals surface area contributed by atoms with Crippen molar-refractivity contribution in [1.82, 2.24) is 15.5 Å². The lowest BCUT2D eigenvalue weighted by Gasteiger charge is -2.22. The average molecular weight is 409 g/mol. The number of hydrogen-bond donors (Lipinski definition) is 2. The molecule has 1 fully saturated rings. The Morgan fingerprint density at radius 1 is 1.10 bits per heavy atom. The summed E-state index contributed by atoms with van der Waals surface area (Å²) >= 11 is 0. The summed E-state index contributed by atoms with van der Waals surface area (Å²) in [4.78, 5) is 38.6. The highest BCUT2D eigenvalue weighted by atomic mass is 16.7. The van der Waals surface area contributed by atoms with Crippen LogP contribution in [0.5, 0.6) is 11.5 Å². The molecule has 2 aromatic carbocycles. The van der Waals surface area contributed by atoms with Crippen molar-refractivity contribution >= 4 is 17.8 Å². The molecule has 0 aliphatic carbocycles. The zero-order chi connectivity index (χ0) is 21.3. The molecule has 0 spiro atoms. The van der Waals surface area contributed by atoms with E-state index in [1.165, 1.54) is 0 Å². The minimum absolute atomic E-state index is 0.164. The molecule has 8 heteroatoms. The molecule has 2 N–H and O–H groups in total. The van der Waals surface area contributed by atoms with E-state index in [9.17, 15) is 14.4 Å². The lowest BCUT2D eigenvalue weighted by molar-refractivity contribution is -0.134. The monoisotopic (exact) mass is 409 g/mol. The Balaban J connectivity index is 1.38. The summed E-state index contributed by atoms with van der Waals surface area (Å²) in [5, 5.41) is 5.47. The van der Waals surface area contributed by atoms with E-state index in [1.807, 2.05) is 37.3 Å². The number of rotatable bonds is 6. The lowest BCUT2D eigenvalue weighted by Crippen LogP contribution is -2.46. The third-order valence-corrected chi connectivity index (χ3v) is 5.25. The standard InChI is InChI=1S/C22H23N3O5/c1-14-3-5-15(6-4-14)11-23-19(26)12-25-20(27)22(2,24-21(25)28)10-16-7-8-17-18(9-16)30-13-29-17/h3-9H,10-13H2,1-2H3,(H,23,26)(H,24,28). The largest absolute Gasteiger partial charge is 0.454 e. The van der Waals surface area contributed by atoms with Gasteiger partial charge in [-0.25, -0.2) is 4.79 Å². The Morgan fingerprint density at radius 3 is 2.57 bits per heavy atom. The minimum Gasteiger partial charge on any atom is -0.454 e. The topological polar surface area (TPSA) is 97.0 Å². The number of ether oxygens (including phenoxy) is 2. The van der Waals surface area contributed by atoms with Crippen molar-refractivity contribution in [2.45, 2.75) is 32.4 Å². The van der Waals surface area contributed by atoms with Gasteiger partial charge in [-0.15, -0.1) is 0 Å². The number of fused-ring (bicyclic) bond motifs is 1. The first-order chi connectivity index (χ1) is 14.3. The second-order valence-electron chi connectivity index (χ2n) is 7.78. The van der Waals surface area contributed by atoms with Crippen LogP contribution in [0.4, 0.5) is 4.79 Å². The van der Waals surface area contributed by atoms with Gasteiger partial charge in [-0.05, 0) is 37.1 Å². The van der Waals surface area contributed by atoms with E-state index in [-0.39, 0.29) is 19.8 Å². The molecule has 0 radical (unpaired) electrons. The van der Waals surface area contributed by atoms with Crippen molar-refractivity contribution in [2.75, 3.05) is 13.3 Å². The molecule has 4 rings (SSSR count). The van der Waals surface area contributed by atoms with Crippen molar-refractivity contribution in [3.05, 3.63) is 59.2 Å². The maximum Gasteiger partial charge on any atom is 0.325 e. The number of nitrogens with zero attached hydrogens (tertiary/aromatic N) is 1. The molecule has 0 saturated carbocycles. The van der Waals surface area contributed by atoms with Crippen LogP contribution in [0.2, 0.25) is 0 Å². The van der Waals surface area contributed by atoms with Gasteiger partial charge in [-0.3, -0.25) is 14.5 Å². The summed E-state index contributed by atoms with van der Waals surface area (Å²) in [6.45, 7) is 3.81. The third-order valence-electron chi connectivity index (χ3n) is 5.25. The molecular weight excluding hydrogens is 386 g/mol. The van der Waals surface area contributed by atoms with Gasteiger partial charge in [0.2, 0.25) is 12.7 Å². The van der Waals surface area contributed by atoms with Gasteiger partial charge in [0.05, 0.1) is 0 Å². The van der Waals surface area contributed by atoms with Crippen LogP contribution >= 0.6 is 0 Å². The second kappa shape index (κ2) is 7.70. The summed E-state index contributed by atoms with van der Waals surface area (Å²) in [5.41, 5.74) is 1.76. The van der Waals surface area contributed by atoms with Gasteiger partial charge in [-0.1, -0.05) is 35.9 Å². The molecule has 156 valence electrons. The highest BCUT2D eigenvalue weighted by Crippen LogP contribution is 2.34. The van der Waals surface area contributed by atoms with E-state index >= 15 is 0 Å². The van der Waals surface area contributed by atoms with Gasteiger partial charge in [0.1, 0.15) is 12.1 Å². The van der Waals surface area contributed by atoms with E-state index in [4.69, 9.17) is 9.47 Å². The van der Waals surface area contributed by atoms with Gasteiger partial charge in [0, 0.05) is 13.0 Å². The molecule has 8 nitrogen and oxygen atoms in total. The number of carbonyl (C=O) groups is 3. The fraction of sp³-hybridized carbons (Fsp3) is 0.318. The minimum atomic E-state index is -1.14. The number of carbonyl (C=O) groups excluding carboxylic acids is 3. The third kappa shape index (κ3) is 3.94. The lowest BCUT2D eigenvalue weighted by atomic mass is 9.92. The molecule has 0 aromatic heterocycles. The highest BCUT2D eigenvalue weighted by molar-refractivity contribution is 6.08. The molecule has 4 amide bonds. The van der Waals surface area contributed by atoms with Crippen molar-refractivity contribution in [2.24, 2.45) is 0 Å². The quantitative estimate of drug-likeness (QED) is 0.711. The Morgan fingerprint density at radius 2 is 1.80 bits per heavy atom. The molecule has 1 saturated heterocycles. The van der Waals surface area contributed by atoms with E-state index in [1.54, 1.807) is 19.1 Å². The fourth-order valence-corrected chi connectivity index (χ4v) is 3.58. The summed E-state index contributed by atoms with van der Waals surface area (Å²) in [6, 6.07) is 12.6. The molecule has 1 atom stereocenters. The predicted molar refractivity (Wildman–Crippen MR) is 108 cm³/mol. The van der Waals surface area contributed by atoms with Crippen molar-refractivity contribution < 1.29 is 23.9 Å². The number of nitrogens with one attached hydrogen (secondary N) is 2. The van der Waals surface area contributed by atoms with Crippen molar-refractivity contribution in [3.8, 4) is 11.5 Å². The maximum absolute atomic E-state index is 12.9. The molecule has 2 heterocycles. The van der Waals surface area contributed by atoms with Crippen LogP contribution < -0.4 is 20.1 Å². The fourth-order valence-electron chi connectivity index (χ4n) is 3.58. The Bertz CT molecular complexity index is 1000. The van der Waals surface area contributed by atoms with Crippen LogP contribution in [0.1, 0.15) is 23.6 Å². The molecule has 2 aromatic rings. The number of urea groups is 1. The summed E-state index contributed by atoms with van der Waals surface area (Å²) < 4.78 is 10.7. The van der Waals surface area contributed by atoms with Gasteiger partial charge in [-0.2, -0.15) is 0 Å². The highest BCUT2D eigenvalue weighted by Gasteiger charge is 2.48. The van der Waals surface area contributed by atoms with Crippen LogP contribution in [-0.4, -0.2) is 41.6 Å². The molecule has 2 aliphatic rings. The summed E-state index contributed by atoms with van der Waals surface area (Å²) in [5.74, 6) is 0.430. The van der Waals surface area contributed by atoms with Crippen molar-refractivity contribution in [1.29, 1.82) is 0 Å². The van der Waals surface area contributed by atoms with Crippen LogP contribution in [0.25, 0.3) is 0 Å². The smallest absolute Gasteiger partial charge is 0.325 e. The second-order valence-corrected chi connectivity index (χ2v) is 7.78. The summed E-state index contributed by atoms with van der Waals surface area (Å²) in [6.07, 6.45) is 0.274. The number of imide groups is 1. The van der Waals surface area contributed by atoms with E-state index < -0.39 is 23.4 Å². The van der Waals surface area contributed by atoms with Gasteiger partial charge < -0.3 is 20.1 Å². The number of amides is 4. The predicted octanol–water partition coefficient (Wildman–Crippen LogP) is 1.89. The first-order valence-corrected chi connectivity index (χ1v) is 9.69. The number of hydrogen-bond acceptors (Lipinski definition) is 5. The Kier molecular flexibility index (Phi) is 5.07. The molecular formula is C22H23N3O5. The zero-order valence-corrected chi connectivity index (χ0v) is 16.9. The van der Waals surface area contributed by atoms with Crippen LogP contribution in [0.15, 0.2) is 42.5 Å². The average Bonchev–Trinajstić information content (AvgIpc) is 3.25.